The average molecular weight is 395 g/mol. The smallest absolute Gasteiger partial charge is 0.418 e. The molecular weight excluding hydrogens is 375 g/mol. The number of anilines is 2. The van der Waals surface area contributed by atoms with Gasteiger partial charge in [0.15, 0.2) is 5.11 Å². The monoisotopic (exact) mass is 395 g/mol. The van der Waals surface area contributed by atoms with Gasteiger partial charge in [-0.3, -0.25) is 0 Å². The van der Waals surface area contributed by atoms with Crippen molar-refractivity contribution >= 4 is 28.7 Å². The number of piperazine rings is 1. The van der Waals surface area contributed by atoms with Gasteiger partial charge in [0.1, 0.15) is 5.75 Å². The summed E-state index contributed by atoms with van der Waals surface area (Å²) >= 11 is 5.35. The fourth-order valence-electron chi connectivity index (χ4n) is 3.08. The zero-order valence-corrected chi connectivity index (χ0v) is 15.6. The summed E-state index contributed by atoms with van der Waals surface area (Å²) in [6.45, 7) is 2.61. The van der Waals surface area contributed by atoms with Gasteiger partial charge >= 0.3 is 6.18 Å². The maximum absolute atomic E-state index is 13.1. The number of alkyl halides is 3. The second kappa shape index (κ2) is 8.04. The van der Waals surface area contributed by atoms with Gasteiger partial charge < -0.3 is 19.9 Å². The number of nitrogens with one attached hydrogen (secondary N) is 1. The van der Waals surface area contributed by atoms with Crippen LogP contribution in [0.1, 0.15) is 5.56 Å². The summed E-state index contributed by atoms with van der Waals surface area (Å²) in [5.74, 6) is 0.797. The molecule has 0 radical (unpaired) electrons. The molecule has 0 aliphatic carbocycles. The number of thiocarbonyl (C=S) groups is 1. The Bertz CT molecular complexity index is 805. The molecule has 0 saturated carbocycles. The lowest BCUT2D eigenvalue weighted by molar-refractivity contribution is -0.136. The Hall–Kier alpha value is -2.48. The van der Waals surface area contributed by atoms with E-state index in [0.29, 0.717) is 31.3 Å². The highest BCUT2D eigenvalue weighted by Crippen LogP contribution is 2.35. The Morgan fingerprint density at radius 1 is 1.00 bits per heavy atom. The first-order chi connectivity index (χ1) is 12.9. The molecule has 144 valence electrons. The van der Waals surface area contributed by atoms with Crippen LogP contribution < -0.4 is 15.0 Å². The normalized spacial score (nSPS) is 14.8. The number of hydrogen-bond donors (Lipinski definition) is 1. The van der Waals surface area contributed by atoms with Gasteiger partial charge in [0.25, 0.3) is 0 Å². The van der Waals surface area contributed by atoms with Crippen molar-refractivity contribution in [3.63, 3.8) is 0 Å². The van der Waals surface area contributed by atoms with Crippen molar-refractivity contribution < 1.29 is 17.9 Å². The summed E-state index contributed by atoms with van der Waals surface area (Å²) in [6, 6.07) is 13.1. The number of methoxy groups -OCH3 is 1. The molecule has 1 fully saturated rings. The highest BCUT2D eigenvalue weighted by molar-refractivity contribution is 7.80. The van der Waals surface area contributed by atoms with Gasteiger partial charge in [0.05, 0.1) is 24.0 Å². The molecule has 2 aromatic carbocycles. The van der Waals surface area contributed by atoms with Crippen LogP contribution in [0.5, 0.6) is 5.75 Å². The van der Waals surface area contributed by atoms with Crippen LogP contribution in [-0.4, -0.2) is 43.3 Å². The Kier molecular flexibility index (Phi) is 5.74. The van der Waals surface area contributed by atoms with Crippen molar-refractivity contribution in [2.45, 2.75) is 6.18 Å². The summed E-state index contributed by atoms with van der Waals surface area (Å²) in [4.78, 5) is 4.07. The fourth-order valence-corrected chi connectivity index (χ4v) is 3.37. The van der Waals surface area contributed by atoms with Gasteiger partial charge in [-0.25, -0.2) is 0 Å². The van der Waals surface area contributed by atoms with E-state index in [9.17, 15) is 13.2 Å². The van der Waals surface area contributed by atoms with Crippen LogP contribution in [0.3, 0.4) is 0 Å². The van der Waals surface area contributed by atoms with Crippen LogP contribution in [-0.2, 0) is 6.18 Å². The Balaban J connectivity index is 1.64. The van der Waals surface area contributed by atoms with Crippen molar-refractivity contribution in [3.05, 3.63) is 54.1 Å². The van der Waals surface area contributed by atoms with E-state index in [2.05, 4.69) is 10.2 Å². The third-order valence-electron chi connectivity index (χ3n) is 4.47. The number of hydrogen-bond acceptors (Lipinski definition) is 3. The van der Waals surface area contributed by atoms with Gasteiger partial charge in [0.2, 0.25) is 0 Å². The molecule has 1 aliphatic heterocycles. The summed E-state index contributed by atoms with van der Waals surface area (Å²) < 4.78 is 44.8. The topological polar surface area (TPSA) is 27.7 Å². The molecule has 8 heteroatoms. The second-order valence-electron chi connectivity index (χ2n) is 6.12. The molecular formula is C19H20F3N3OS. The van der Waals surface area contributed by atoms with Gasteiger partial charge in [-0.2, -0.15) is 13.2 Å². The molecule has 3 rings (SSSR count). The van der Waals surface area contributed by atoms with Crippen molar-refractivity contribution in [3.8, 4) is 5.75 Å². The van der Waals surface area contributed by atoms with E-state index in [4.69, 9.17) is 17.0 Å². The van der Waals surface area contributed by atoms with E-state index in [0.717, 1.165) is 17.5 Å². The van der Waals surface area contributed by atoms with E-state index in [1.807, 2.05) is 29.2 Å². The molecule has 1 aliphatic rings. The average Bonchev–Trinajstić information content (AvgIpc) is 2.67. The summed E-state index contributed by atoms with van der Waals surface area (Å²) in [5, 5.41) is 3.06. The molecule has 0 spiro atoms. The summed E-state index contributed by atoms with van der Waals surface area (Å²) in [7, 11) is 1.63. The molecule has 4 nitrogen and oxygen atoms in total. The predicted molar refractivity (Wildman–Crippen MR) is 104 cm³/mol. The molecule has 0 unspecified atom stereocenters. The van der Waals surface area contributed by atoms with E-state index in [-0.39, 0.29) is 5.69 Å². The quantitative estimate of drug-likeness (QED) is 0.785. The van der Waals surface area contributed by atoms with Crippen molar-refractivity contribution in [1.29, 1.82) is 0 Å². The van der Waals surface area contributed by atoms with Gasteiger partial charge in [-0.1, -0.05) is 24.3 Å². The summed E-state index contributed by atoms with van der Waals surface area (Å²) in [5.41, 5.74) is 0.253. The molecule has 0 aromatic heterocycles. The van der Waals surface area contributed by atoms with Crippen molar-refractivity contribution in [2.24, 2.45) is 0 Å². The van der Waals surface area contributed by atoms with Crippen molar-refractivity contribution in [2.75, 3.05) is 43.5 Å². The maximum atomic E-state index is 13.1. The highest BCUT2D eigenvalue weighted by Gasteiger charge is 2.33. The number of rotatable bonds is 3. The first-order valence-corrected chi connectivity index (χ1v) is 8.91. The lowest BCUT2D eigenvalue weighted by Gasteiger charge is -2.38. The molecule has 1 saturated heterocycles. The minimum atomic E-state index is -4.43. The highest BCUT2D eigenvalue weighted by atomic mass is 32.1. The molecule has 0 bridgehead atoms. The molecule has 2 aromatic rings. The lowest BCUT2D eigenvalue weighted by Crippen LogP contribution is -2.50. The van der Waals surface area contributed by atoms with Crippen LogP contribution in [0.25, 0.3) is 0 Å². The van der Waals surface area contributed by atoms with E-state index >= 15 is 0 Å². The lowest BCUT2D eigenvalue weighted by atomic mass is 10.1. The third-order valence-corrected chi connectivity index (χ3v) is 4.83. The van der Waals surface area contributed by atoms with Gasteiger partial charge in [-0.05, 0) is 36.5 Å². The van der Waals surface area contributed by atoms with Crippen LogP contribution in [0.15, 0.2) is 48.5 Å². The molecule has 1 N–H and O–H groups in total. The number of nitrogens with zero attached hydrogens (tertiary/aromatic N) is 2. The van der Waals surface area contributed by atoms with Crippen LogP contribution in [0.4, 0.5) is 24.5 Å². The van der Waals surface area contributed by atoms with Crippen molar-refractivity contribution in [1.82, 2.24) is 4.90 Å². The number of ether oxygens (including phenoxy) is 1. The zero-order valence-electron chi connectivity index (χ0n) is 14.8. The SMILES string of the molecule is COc1ccccc1N1CCN(C(=S)Nc2ccccc2C(F)(F)F)CC1. The second-order valence-corrected chi connectivity index (χ2v) is 6.51. The van der Waals surface area contributed by atoms with E-state index in [1.54, 1.807) is 13.2 Å². The molecule has 0 amide bonds. The molecule has 0 atom stereocenters. The number of benzene rings is 2. The fraction of sp³-hybridized carbons (Fsp3) is 0.316. The Morgan fingerprint density at radius 2 is 1.63 bits per heavy atom. The van der Waals surface area contributed by atoms with Crippen LogP contribution in [0, 0.1) is 0 Å². The zero-order chi connectivity index (χ0) is 19.4. The minimum Gasteiger partial charge on any atom is -0.495 e. The third kappa shape index (κ3) is 4.44. The maximum Gasteiger partial charge on any atom is 0.418 e. The van der Waals surface area contributed by atoms with E-state index in [1.165, 1.54) is 12.1 Å². The van der Waals surface area contributed by atoms with Gasteiger partial charge in [0, 0.05) is 26.2 Å². The number of para-hydroxylation sites is 3. The Morgan fingerprint density at radius 3 is 2.30 bits per heavy atom. The summed E-state index contributed by atoms with van der Waals surface area (Å²) in [6.07, 6.45) is -4.43. The molecule has 1 heterocycles. The van der Waals surface area contributed by atoms with Crippen LogP contribution in [0.2, 0.25) is 0 Å². The Labute approximate surface area is 161 Å². The van der Waals surface area contributed by atoms with Gasteiger partial charge in [-0.15, -0.1) is 0 Å². The first-order valence-electron chi connectivity index (χ1n) is 8.50. The van der Waals surface area contributed by atoms with Crippen LogP contribution >= 0.6 is 12.2 Å². The first kappa shape index (κ1) is 19.3. The minimum absolute atomic E-state index is 0.0258. The standard InChI is InChI=1S/C19H20F3N3OS/c1-26-17-9-5-4-8-16(17)24-10-12-25(13-11-24)18(27)23-15-7-3-2-6-14(15)19(20,21)22/h2-9H,10-13H2,1H3,(H,23,27). The van der Waals surface area contributed by atoms with E-state index < -0.39 is 11.7 Å². The number of halogens is 3. The predicted octanol–water partition coefficient (Wildman–Crippen LogP) is 4.23. The molecule has 27 heavy (non-hydrogen) atoms. The largest absolute Gasteiger partial charge is 0.495 e.